The number of nitrogens with one attached hydrogen (secondary N) is 1. The van der Waals surface area contributed by atoms with Gasteiger partial charge < -0.3 is 11.1 Å². The van der Waals surface area contributed by atoms with Gasteiger partial charge in [-0.25, -0.2) is 8.78 Å². The molecule has 138 valence electrons. The van der Waals surface area contributed by atoms with Crippen LogP contribution in [0.3, 0.4) is 0 Å². The minimum atomic E-state index is -0.431. The largest absolute Gasteiger partial charge is 0.399 e. The third kappa shape index (κ3) is 3.65. The molecule has 2 nitrogen and oxygen atoms in total. The second-order valence-corrected chi connectivity index (χ2v) is 7.24. The molecule has 3 aromatic carbocycles. The van der Waals surface area contributed by atoms with Crippen molar-refractivity contribution in [3.63, 3.8) is 0 Å². The highest BCUT2D eigenvalue weighted by Gasteiger charge is 2.21. The summed E-state index contributed by atoms with van der Waals surface area (Å²) in [5, 5.41) is 3.38. The van der Waals surface area contributed by atoms with Crippen molar-refractivity contribution in [1.82, 2.24) is 0 Å². The quantitative estimate of drug-likeness (QED) is 0.544. The fourth-order valence-corrected chi connectivity index (χ4v) is 3.32. The molecule has 1 saturated carbocycles. The standard InChI is InChI=1S/C23H22F2N2/c1-14-22(17-6-10-19(11-7-17)27-13-15-2-3-15)21(24)12-20(23(14)25)16-4-8-18(26)9-5-16/h4-12,15,27H,2-3,13,26H2,1H3. The van der Waals surface area contributed by atoms with Gasteiger partial charge in [0.2, 0.25) is 0 Å². The van der Waals surface area contributed by atoms with Gasteiger partial charge in [-0.05, 0) is 72.7 Å². The minimum Gasteiger partial charge on any atom is -0.399 e. The van der Waals surface area contributed by atoms with Crippen LogP contribution in [0.2, 0.25) is 0 Å². The van der Waals surface area contributed by atoms with Gasteiger partial charge in [0.1, 0.15) is 11.6 Å². The van der Waals surface area contributed by atoms with Gasteiger partial charge in [0.25, 0.3) is 0 Å². The first-order chi connectivity index (χ1) is 13.0. The van der Waals surface area contributed by atoms with Crippen LogP contribution in [0.4, 0.5) is 20.2 Å². The molecule has 0 aromatic heterocycles. The molecule has 27 heavy (non-hydrogen) atoms. The van der Waals surface area contributed by atoms with E-state index in [1.54, 1.807) is 31.2 Å². The second kappa shape index (κ2) is 7.03. The summed E-state index contributed by atoms with van der Waals surface area (Å²) >= 11 is 0. The van der Waals surface area contributed by atoms with E-state index in [0.717, 1.165) is 18.2 Å². The van der Waals surface area contributed by atoms with Crippen LogP contribution in [0.1, 0.15) is 18.4 Å². The molecule has 0 bridgehead atoms. The maximum absolute atomic E-state index is 15.0. The predicted octanol–water partition coefficient (Wildman–Crippen LogP) is 6.01. The molecule has 1 fully saturated rings. The highest BCUT2D eigenvalue weighted by atomic mass is 19.1. The Morgan fingerprint density at radius 3 is 2.22 bits per heavy atom. The highest BCUT2D eigenvalue weighted by molar-refractivity contribution is 5.76. The Morgan fingerprint density at radius 1 is 0.963 bits per heavy atom. The van der Waals surface area contributed by atoms with Crippen molar-refractivity contribution in [2.24, 2.45) is 5.92 Å². The molecule has 0 radical (unpaired) electrons. The Morgan fingerprint density at radius 2 is 1.59 bits per heavy atom. The van der Waals surface area contributed by atoms with Crippen molar-refractivity contribution in [1.29, 1.82) is 0 Å². The van der Waals surface area contributed by atoms with Crippen LogP contribution in [0.5, 0.6) is 0 Å². The van der Waals surface area contributed by atoms with Gasteiger partial charge in [0.05, 0.1) is 0 Å². The number of hydrogen-bond donors (Lipinski definition) is 2. The van der Waals surface area contributed by atoms with Crippen LogP contribution in [-0.2, 0) is 0 Å². The van der Waals surface area contributed by atoms with E-state index in [2.05, 4.69) is 5.32 Å². The van der Waals surface area contributed by atoms with Crippen molar-refractivity contribution in [3.05, 3.63) is 71.8 Å². The maximum atomic E-state index is 15.0. The highest BCUT2D eigenvalue weighted by Crippen LogP contribution is 2.35. The number of nitrogens with two attached hydrogens (primary N) is 1. The second-order valence-electron chi connectivity index (χ2n) is 7.24. The van der Waals surface area contributed by atoms with Crippen molar-refractivity contribution in [2.45, 2.75) is 19.8 Å². The van der Waals surface area contributed by atoms with E-state index in [4.69, 9.17) is 5.73 Å². The molecule has 0 amide bonds. The minimum absolute atomic E-state index is 0.247. The van der Waals surface area contributed by atoms with Crippen LogP contribution in [0, 0.1) is 24.5 Å². The molecule has 4 heteroatoms. The van der Waals surface area contributed by atoms with E-state index in [0.29, 0.717) is 27.9 Å². The summed E-state index contributed by atoms with van der Waals surface area (Å²) in [6.45, 7) is 2.59. The molecule has 1 aliphatic carbocycles. The lowest BCUT2D eigenvalue weighted by molar-refractivity contribution is 0.599. The van der Waals surface area contributed by atoms with Crippen molar-refractivity contribution in [3.8, 4) is 22.3 Å². The Balaban J connectivity index is 1.66. The van der Waals surface area contributed by atoms with E-state index in [1.807, 2.05) is 24.3 Å². The van der Waals surface area contributed by atoms with Gasteiger partial charge in [0.15, 0.2) is 0 Å². The van der Waals surface area contributed by atoms with E-state index in [1.165, 1.54) is 18.9 Å². The molecule has 0 aliphatic heterocycles. The summed E-state index contributed by atoms with van der Waals surface area (Å²) in [6.07, 6.45) is 2.57. The van der Waals surface area contributed by atoms with Gasteiger partial charge in [-0.3, -0.25) is 0 Å². The summed E-state index contributed by atoms with van der Waals surface area (Å²) in [5.41, 5.74) is 9.41. The molecule has 0 atom stereocenters. The first kappa shape index (κ1) is 17.5. The molecule has 3 aromatic rings. The van der Waals surface area contributed by atoms with Gasteiger partial charge in [-0.2, -0.15) is 0 Å². The lowest BCUT2D eigenvalue weighted by Gasteiger charge is -2.14. The zero-order valence-corrected chi connectivity index (χ0v) is 15.2. The topological polar surface area (TPSA) is 38.0 Å². The summed E-state index contributed by atoms with van der Waals surface area (Å²) in [6, 6.07) is 15.5. The normalized spacial score (nSPS) is 13.6. The number of nitrogen functional groups attached to an aromatic ring is 1. The Hall–Kier alpha value is -2.88. The SMILES string of the molecule is Cc1c(F)c(-c2ccc(N)cc2)cc(F)c1-c1ccc(NCC2CC2)cc1. The smallest absolute Gasteiger partial charge is 0.134 e. The predicted molar refractivity (Wildman–Crippen MR) is 108 cm³/mol. The molecule has 0 saturated heterocycles. The monoisotopic (exact) mass is 364 g/mol. The number of rotatable bonds is 5. The van der Waals surface area contributed by atoms with E-state index < -0.39 is 11.6 Å². The molecule has 3 N–H and O–H groups in total. The van der Waals surface area contributed by atoms with Gasteiger partial charge in [-0.15, -0.1) is 0 Å². The summed E-state index contributed by atoms with van der Waals surface area (Å²) < 4.78 is 29.9. The lowest BCUT2D eigenvalue weighted by atomic mass is 9.94. The number of benzene rings is 3. The molecule has 0 heterocycles. The van der Waals surface area contributed by atoms with Crippen LogP contribution < -0.4 is 11.1 Å². The molecule has 4 rings (SSSR count). The average molecular weight is 364 g/mol. The van der Waals surface area contributed by atoms with Crippen molar-refractivity contribution in [2.75, 3.05) is 17.6 Å². The first-order valence-electron chi connectivity index (χ1n) is 9.22. The van der Waals surface area contributed by atoms with Crippen molar-refractivity contribution < 1.29 is 8.78 Å². The molecule has 0 spiro atoms. The number of anilines is 2. The summed E-state index contributed by atoms with van der Waals surface area (Å²) in [7, 11) is 0. The van der Waals surface area contributed by atoms with Crippen LogP contribution in [-0.4, -0.2) is 6.54 Å². The Labute approximate surface area is 158 Å². The van der Waals surface area contributed by atoms with E-state index >= 15 is 0 Å². The third-order valence-corrected chi connectivity index (χ3v) is 5.14. The Bertz CT molecular complexity index is 959. The van der Waals surface area contributed by atoms with Crippen LogP contribution in [0.25, 0.3) is 22.3 Å². The van der Waals surface area contributed by atoms with E-state index in [9.17, 15) is 8.78 Å². The zero-order valence-electron chi connectivity index (χ0n) is 15.2. The van der Waals surface area contributed by atoms with Gasteiger partial charge >= 0.3 is 0 Å². The molecular formula is C23H22F2N2. The number of halogens is 2. The first-order valence-corrected chi connectivity index (χ1v) is 9.22. The van der Waals surface area contributed by atoms with E-state index in [-0.39, 0.29) is 5.56 Å². The van der Waals surface area contributed by atoms with Gasteiger partial charge in [0, 0.05) is 29.0 Å². The van der Waals surface area contributed by atoms with Gasteiger partial charge in [-0.1, -0.05) is 24.3 Å². The average Bonchev–Trinajstić information content (AvgIpc) is 3.49. The molecule has 0 unspecified atom stereocenters. The van der Waals surface area contributed by atoms with Crippen LogP contribution in [0.15, 0.2) is 54.6 Å². The summed E-state index contributed by atoms with van der Waals surface area (Å²) in [5.74, 6) is -0.0640. The summed E-state index contributed by atoms with van der Waals surface area (Å²) in [4.78, 5) is 0. The van der Waals surface area contributed by atoms with Crippen LogP contribution >= 0.6 is 0 Å². The third-order valence-electron chi connectivity index (χ3n) is 5.14. The maximum Gasteiger partial charge on any atom is 0.134 e. The lowest BCUT2D eigenvalue weighted by Crippen LogP contribution is -2.03. The fraction of sp³-hybridized carbons (Fsp3) is 0.217. The molecular weight excluding hydrogens is 342 g/mol. The fourth-order valence-electron chi connectivity index (χ4n) is 3.32. The van der Waals surface area contributed by atoms with Crippen molar-refractivity contribution >= 4 is 11.4 Å². The Kier molecular flexibility index (Phi) is 4.56. The zero-order chi connectivity index (χ0) is 19.0. The molecule has 1 aliphatic rings. The number of hydrogen-bond acceptors (Lipinski definition) is 2.